The first-order chi connectivity index (χ1) is 9.78. The van der Waals surface area contributed by atoms with Crippen molar-refractivity contribution in [1.29, 1.82) is 0 Å². The topological polar surface area (TPSA) is 18.5 Å². The first kappa shape index (κ1) is 13.9. The summed E-state index contributed by atoms with van der Waals surface area (Å²) in [5.41, 5.74) is 4.25. The van der Waals surface area contributed by atoms with Crippen LogP contribution in [0.3, 0.4) is 0 Å². The Morgan fingerprint density at radius 3 is 2.95 bits per heavy atom. The van der Waals surface area contributed by atoms with Gasteiger partial charge in [0.05, 0.1) is 0 Å². The number of nitrogens with one attached hydrogen (secondary N) is 1. The Bertz CT molecular complexity index is 458. The number of piperazine rings is 1. The quantitative estimate of drug-likeness (QED) is 0.909. The van der Waals surface area contributed by atoms with Gasteiger partial charge in [-0.05, 0) is 56.1 Å². The van der Waals surface area contributed by atoms with Crippen LogP contribution in [0.1, 0.15) is 30.9 Å². The summed E-state index contributed by atoms with van der Waals surface area (Å²) >= 11 is 0. The second-order valence-electron chi connectivity index (χ2n) is 6.17. The monoisotopic (exact) mass is 273 g/mol. The van der Waals surface area contributed by atoms with Crippen molar-refractivity contribution < 1.29 is 0 Å². The first-order valence-corrected chi connectivity index (χ1v) is 8.07. The molecule has 0 aliphatic carbocycles. The van der Waals surface area contributed by atoms with Gasteiger partial charge >= 0.3 is 0 Å². The van der Waals surface area contributed by atoms with E-state index in [-0.39, 0.29) is 0 Å². The minimum absolute atomic E-state index is 0.797. The molecule has 1 unspecified atom stereocenters. The fraction of sp³-hybridized carbons (Fsp3) is 0.647. The molecule has 2 saturated heterocycles. The van der Waals surface area contributed by atoms with Crippen LogP contribution in [0.2, 0.25) is 0 Å². The summed E-state index contributed by atoms with van der Waals surface area (Å²) in [6, 6.07) is 7.78. The van der Waals surface area contributed by atoms with E-state index in [1.54, 1.807) is 0 Å². The van der Waals surface area contributed by atoms with E-state index in [4.69, 9.17) is 0 Å². The van der Waals surface area contributed by atoms with Gasteiger partial charge in [-0.15, -0.1) is 0 Å². The normalized spacial score (nSPS) is 23.1. The molecule has 110 valence electrons. The SMILES string of the molecule is CCNCc1ccc(N2CCN3CCCC3C2)cc1C. The van der Waals surface area contributed by atoms with Crippen molar-refractivity contribution in [2.45, 2.75) is 39.3 Å². The Morgan fingerprint density at radius 2 is 2.15 bits per heavy atom. The molecule has 3 nitrogen and oxygen atoms in total. The van der Waals surface area contributed by atoms with Crippen LogP contribution in [0.5, 0.6) is 0 Å². The molecule has 3 heteroatoms. The molecule has 3 rings (SSSR count). The van der Waals surface area contributed by atoms with Gasteiger partial charge < -0.3 is 10.2 Å². The van der Waals surface area contributed by atoms with Crippen LogP contribution in [0.4, 0.5) is 5.69 Å². The number of rotatable bonds is 4. The van der Waals surface area contributed by atoms with Gasteiger partial charge in [-0.3, -0.25) is 4.90 Å². The predicted molar refractivity (Wildman–Crippen MR) is 85.4 cm³/mol. The molecule has 0 radical (unpaired) electrons. The Balaban J connectivity index is 1.69. The molecule has 2 aliphatic rings. The molecule has 0 bridgehead atoms. The minimum Gasteiger partial charge on any atom is -0.369 e. The number of anilines is 1. The number of nitrogens with zero attached hydrogens (tertiary/aromatic N) is 2. The number of fused-ring (bicyclic) bond motifs is 1. The van der Waals surface area contributed by atoms with Gasteiger partial charge in [0, 0.05) is 37.9 Å². The highest BCUT2D eigenvalue weighted by atomic mass is 15.3. The lowest BCUT2D eigenvalue weighted by Crippen LogP contribution is -2.50. The summed E-state index contributed by atoms with van der Waals surface area (Å²) in [4.78, 5) is 5.25. The smallest absolute Gasteiger partial charge is 0.0370 e. The van der Waals surface area contributed by atoms with Crippen molar-refractivity contribution in [2.75, 3.05) is 37.6 Å². The maximum absolute atomic E-state index is 3.41. The molecule has 20 heavy (non-hydrogen) atoms. The molecule has 2 aliphatic heterocycles. The average Bonchev–Trinajstić information content (AvgIpc) is 2.93. The molecule has 0 aromatic heterocycles. The summed E-state index contributed by atoms with van der Waals surface area (Å²) < 4.78 is 0. The van der Waals surface area contributed by atoms with Crippen molar-refractivity contribution in [1.82, 2.24) is 10.2 Å². The Hall–Kier alpha value is -1.06. The van der Waals surface area contributed by atoms with Crippen LogP contribution in [0.15, 0.2) is 18.2 Å². The van der Waals surface area contributed by atoms with Gasteiger partial charge in [-0.2, -0.15) is 0 Å². The van der Waals surface area contributed by atoms with E-state index in [2.05, 4.69) is 47.2 Å². The number of hydrogen-bond acceptors (Lipinski definition) is 3. The molecule has 2 heterocycles. The van der Waals surface area contributed by atoms with Crippen molar-refractivity contribution in [3.63, 3.8) is 0 Å². The third kappa shape index (κ3) is 2.84. The minimum atomic E-state index is 0.797. The predicted octanol–water partition coefficient (Wildman–Crippen LogP) is 2.39. The van der Waals surface area contributed by atoms with Crippen molar-refractivity contribution in [2.24, 2.45) is 0 Å². The van der Waals surface area contributed by atoms with E-state index in [0.717, 1.165) is 19.1 Å². The molecule has 0 amide bonds. The fourth-order valence-electron chi connectivity index (χ4n) is 3.56. The van der Waals surface area contributed by atoms with Gasteiger partial charge in [0.15, 0.2) is 0 Å². The van der Waals surface area contributed by atoms with Gasteiger partial charge in [-0.25, -0.2) is 0 Å². The highest BCUT2D eigenvalue weighted by molar-refractivity contribution is 5.51. The molecule has 1 aromatic rings. The number of hydrogen-bond donors (Lipinski definition) is 1. The summed E-state index contributed by atoms with van der Waals surface area (Å²) in [6.45, 7) is 11.4. The van der Waals surface area contributed by atoms with E-state index in [0.29, 0.717) is 0 Å². The molecule has 1 atom stereocenters. The van der Waals surface area contributed by atoms with Gasteiger partial charge in [0.2, 0.25) is 0 Å². The molecule has 0 spiro atoms. The Morgan fingerprint density at radius 1 is 1.25 bits per heavy atom. The third-order valence-corrected chi connectivity index (χ3v) is 4.84. The molecular formula is C17H27N3. The van der Waals surface area contributed by atoms with Crippen LogP contribution in [-0.2, 0) is 6.54 Å². The van der Waals surface area contributed by atoms with Crippen LogP contribution in [0.25, 0.3) is 0 Å². The summed E-state index contributed by atoms with van der Waals surface area (Å²) in [5.74, 6) is 0. The first-order valence-electron chi connectivity index (χ1n) is 8.07. The van der Waals surface area contributed by atoms with E-state index in [9.17, 15) is 0 Å². The third-order valence-electron chi connectivity index (χ3n) is 4.84. The summed E-state index contributed by atoms with van der Waals surface area (Å²) in [6.07, 6.45) is 2.77. The van der Waals surface area contributed by atoms with E-state index < -0.39 is 0 Å². The van der Waals surface area contributed by atoms with E-state index in [1.807, 2.05) is 0 Å². The molecule has 2 fully saturated rings. The Labute approximate surface area is 123 Å². The van der Waals surface area contributed by atoms with Crippen molar-refractivity contribution in [3.8, 4) is 0 Å². The van der Waals surface area contributed by atoms with E-state index >= 15 is 0 Å². The molecule has 1 N–H and O–H groups in total. The maximum Gasteiger partial charge on any atom is 0.0370 e. The zero-order valence-electron chi connectivity index (χ0n) is 12.9. The Kier molecular flexibility index (Phi) is 4.27. The lowest BCUT2D eigenvalue weighted by atomic mass is 10.1. The number of benzene rings is 1. The molecule has 0 saturated carbocycles. The maximum atomic E-state index is 3.41. The number of aryl methyl sites for hydroxylation is 1. The highest BCUT2D eigenvalue weighted by Gasteiger charge is 2.30. The highest BCUT2D eigenvalue weighted by Crippen LogP contribution is 2.26. The van der Waals surface area contributed by atoms with Crippen molar-refractivity contribution in [3.05, 3.63) is 29.3 Å². The van der Waals surface area contributed by atoms with Crippen LogP contribution < -0.4 is 10.2 Å². The van der Waals surface area contributed by atoms with Gasteiger partial charge in [-0.1, -0.05) is 13.0 Å². The lowest BCUT2D eigenvalue weighted by molar-refractivity contribution is 0.231. The molecular weight excluding hydrogens is 246 g/mol. The largest absolute Gasteiger partial charge is 0.369 e. The van der Waals surface area contributed by atoms with Gasteiger partial charge in [0.1, 0.15) is 0 Å². The average molecular weight is 273 g/mol. The summed E-state index contributed by atoms with van der Waals surface area (Å²) in [5, 5.41) is 3.41. The lowest BCUT2D eigenvalue weighted by Gasteiger charge is -2.39. The van der Waals surface area contributed by atoms with Gasteiger partial charge in [0.25, 0.3) is 0 Å². The zero-order valence-corrected chi connectivity index (χ0v) is 12.9. The second-order valence-corrected chi connectivity index (χ2v) is 6.17. The second kappa shape index (κ2) is 6.15. The summed E-state index contributed by atoms with van der Waals surface area (Å²) in [7, 11) is 0. The van der Waals surface area contributed by atoms with E-state index in [1.165, 1.54) is 55.8 Å². The fourth-order valence-corrected chi connectivity index (χ4v) is 3.56. The van der Waals surface area contributed by atoms with Crippen LogP contribution in [0, 0.1) is 6.92 Å². The van der Waals surface area contributed by atoms with Crippen molar-refractivity contribution >= 4 is 5.69 Å². The van der Waals surface area contributed by atoms with Crippen LogP contribution >= 0.6 is 0 Å². The zero-order chi connectivity index (χ0) is 13.9. The standard InChI is InChI=1S/C17H27N3/c1-3-18-12-15-6-7-16(11-14(15)2)20-10-9-19-8-4-5-17(19)13-20/h6-7,11,17-18H,3-5,8-10,12-13H2,1-2H3. The van der Waals surface area contributed by atoms with Crippen LogP contribution in [-0.4, -0.2) is 43.7 Å². The molecule has 1 aromatic carbocycles.